The summed E-state index contributed by atoms with van der Waals surface area (Å²) in [7, 11) is -3.55. The quantitative estimate of drug-likeness (QED) is 0.846. The SMILES string of the molecule is CCNCc1cc(S(=O)(=O)NC(C)C(C)(C)C)c(C)o1. The summed E-state index contributed by atoms with van der Waals surface area (Å²) in [5, 5.41) is 3.11. The third-order valence-corrected chi connectivity index (χ3v) is 5.04. The van der Waals surface area contributed by atoms with Crippen molar-refractivity contribution in [2.75, 3.05) is 6.54 Å². The van der Waals surface area contributed by atoms with Gasteiger partial charge in [0.15, 0.2) is 0 Å². The molecule has 20 heavy (non-hydrogen) atoms. The Kier molecular flexibility index (Phi) is 5.40. The number of rotatable bonds is 6. The molecule has 0 saturated heterocycles. The maximum atomic E-state index is 12.4. The molecule has 0 radical (unpaired) electrons. The lowest BCUT2D eigenvalue weighted by Gasteiger charge is -2.27. The van der Waals surface area contributed by atoms with Crippen molar-refractivity contribution in [3.63, 3.8) is 0 Å². The Bertz CT molecular complexity index is 541. The molecule has 0 amide bonds. The molecule has 0 aliphatic rings. The molecule has 0 aliphatic heterocycles. The minimum absolute atomic E-state index is 0.142. The average Bonchev–Trinajstić information content (AvgIpc) is 2.67. The largest absolute Gasteiger partial charge is 0.464 e. The topological polar surface area (TPSA) is 71.3 Å². The highest BCUT2D eigenvalue weighted by Gasteiger charge is 2.28. The predicted octanol–water partition coefficient (Wildman–Crippen LogP) is 2.41. The van der Waals surface area contributed by atoms with E-state index in [9.17, 15) is 8.42 Å². The predicted molar refractivity (Wildman–Crippen MR) is 80.1 cm³/mol. The maximum absolute atomic E-state index is 12.4. The molecule has 1 atom stereocenters. The summed E-state index contributed by atoms with van der Waals surface area (Å²) in [5.41, 5.74) is -0.142. The molecule has 1 unspecified atom stereocenters. The second-order valence-corrected chi connectivity index (χ2v) is 7.80. The standard InChI is InChI=1S/C14H26N2O3S/c1-7-15-9-12-8-13(10(2)19-12)20(17,18)16-11(3)14(4,5)6/h8,11,15-16H,7,9H2,1-6H3. The number of aryl methyl sites for hydroxylation is 1. The number of hydrogen-bond acceptors (Lipinski definition) is 4. The van der Waals surface area contributed by atoms with E-state index in [-0.39, 0.29) is 16.4 Å². The molecule has 1 rings (SSSR count). The van der Waals surface area contributed by atoms with E-state index in [4.69, 9.17) is 4.42 Å². The third kappa shape index (κ3) is 4.33. The number of sulfonamides is 1. The Hall–Kier alpha value is -0.850. The van der Waals surface area contributed by atoms with Crippen LogP contribution in [0.25, 0.3) is 0 Å². The molecule has 0 bridgehead atoms. The molecular weight excluding hydrogens is 276 g/mol. The summed E-state index contributed by atoms with van der Waals surface area (Å²) >= 11 is 0. The van der Waals surface area contributed by atoms with E-state index < -0.39 is 10.0 Å². The summed E-state index contributed by atoms with van der Waals surface area (Å²) in [4.78, 5) is 0.224. The van der Waals surface area contributed by atoms with Gasteiger partial charge in [0.2, 0.25) is 10.0 Å². The highest BCUT2D eigenvalue weighted by atomic mass is 32.2. The Balaban J connectivity index is 2.95. The second-order valence-electron chi connectivity index (χ2n) is 6.12. The fourth-order valence-corrected chi connectivity index (χ4v) is 3.25. The number of furan rings is 1. The van der Waals surface area contributed by atoms with Crippen molar-refractivity contribution in [3.8, 4) is 0 Å². The molecule has 1 aromatic rings. The first-order valence-corrected chi connectivity index (χ1v) is 8.38. The maximum Gasteiger partial charge on any atom is 0.244 e. The lowest BCUT2D eigenvalue weighted by molar-refractivity contribution is 0.317. The Morgan fingerprint density at radius 3 is 2.45 bits per heavy atom. The van der Waals surface area contributed by atoms with Crippen LogP contribution in [0.4, 0.5) is 0 Å². The van der Waals surface area contributed by atoms with Crippen molar-refractivity contribution in [1.29, 1.82) is 0 Å². The van der Waals surface area contributed by atoms with Gasteiger partial charge in [-0.1, -0.05) is 27.7 Å². The van der Waals surface area contributed by atoms with Crippen LogP contribution in [0.3, 0.4) is 0 Å². The monoisotopic (exact) mass is 302 g/mol. The average molecular weight is 302 g/mol. The van der Waals surface area contributed by atoms with Gasteiger partial charge >= 0.3 is 0 Å². The van der Waals surface area contributed by atoms with Crippen molar-refractivity contribution in [2.45, 2.75) is 59.0 Å². The fourth-order valence-electron chi connectivity index (χ4n) is 1.60. The van der Waals surface area contributed by atoms with Gasteiger partial charge < -0.3 is 9.73 Å². The van der Waals surface area contributed by atoms with E-state index in [1.54, 1.807) is 13.0 Å². The van der Waals surface area contributed by atoms with E-state index in [2.05, 4.69) is 10.0 Å². The summed E-state index contributed by atoms with van der Waals surface area (Å²) in [6.45, 7) is 12.9. The molecule has 1 heterocycles. The van der Waals surface area contributed by atoms with E-state index in [0.29, 0.717) is 18.1 Å². The van der Waals surface area contributed by atoms with Gasteiger partial charge in [0.25, 0.3) is 0 Å². The molecule has 116 valence electrons. The van der Waals surface area contributed by atoms with Crippen LogP contribution in [0.15, 0.2) is 15.4 Å². The van der Waals surface area contributed by atoms with Crippen LogP contribution in [-0.4, -0.2) is 21.0 Å². The minimum Gasteiger partial charge on any atom is -0.464 e. The van der Waals surface area contributed by atoms with Gasteiger partial charge in [-0.3, -0.25) is 0 Å². The highest BCUT2D eigenvalue weighted by Crippen LogP contribution is 2.24. The molecule has 0 spiro atoms. The van der Waals surface area contributed by atoms with Crippen molar-refractivity contribution < 1.29 is 12.8 Å². The van der Waals surface area contributed by atoms with Gasteiger partial charge in [-0.25, -0.2) is 13.1 Å². The highest BCUT2D eigenvalue weighted by molar-refractivity contribution is 7.89. The zero-order chi connectivity index (χ0) is 15.6. The lowest BCUT2D eigenvalue weighted by Crippen LogP contribution is -2.41. The van der Waals surface area contributed by atoms with Gasteiger partial charge in [0, 0.05) is 12.1 Å². The van der Waals surface area contributed by atoms with Crippen molar-refractivity contribution in [3.05, 3.63) is 17.6 Å². The normalized spacial score (nSPS) is 14.5. The first kappa shape index (κ1) is 17.2. The molecular formula is C14H26N2O3S. The molecule has 0 aromatic carbocycles. The summed E-state index contributed by atoms with van der Waals surface area (Å²) in [6.07, 6.45) is 0. The smallest absolute Gasteiger partial charge is 0.244 e. The number of hydrogen-bond donors (Lipinski definition) is 2. The summed E-state index contributed by atoms with van der Waals surface area (Å²) < 4.78 is 33.0. The van der Waals surface area contributed by atoms with Crippen LogP contribution in [0.2, 0.25) is 0 Å². The zero-order valence-electron chi connectivity index (χ0n) is 13.2. The van der Waals surface area contributed by atoms with Gasteiger partial charge in [0.05, 0.1) is 6.54 Å². The van der Waals surface area contributed by atoms with Gasteiger partial charge in [-0.05, 0) is 25.8 Å². The fraction of sp³-hybridized carbons (Fsp3) is 0.714. The van der Waals surface area contributed by atoms with Crippen LogP contribution in [0, 0.1) is 12.3 Å². The van der Waals surface area contributed by atoms with E-state index in [1.165, 1.54) is 0 Å². The lowest BCUT2D eigenvalue weighted by atomic mass is 9.89. The number of nitrogens with one attached hydrogen (secondary N) is 2. The van der Waals surface area contributed by atoms with Gasteiger partial charge in [0.1, 0.15) is 16.4 Å². The Morgan fingerprint density at radius 2 is 1.95 bits per heavy atom. The van der Waals surface area contributed by atoms with Crippen LogP contribution >= 0.6 is 0 Å². The summed E-state index contributed by atoms with van der Waals surface area (Å²) in [5.74, 6) is 1.06. The Morgan fingerprint density at radius 1 is 1.35 bits per heavy atom. The third-order valence-electron chi connectivity index (χ3n) is 3.39. The van der Waals surface area contributed by atoms with Crippen LogP contribution in [0.1, 0.15) is 46.1 Å². The van der Waals surface area contributed by atoms with Crippen LogP contribution in [0.5, 0.6) is 0 Å². The first-order valence-electron chi connectivity index (χ1n) is 6.90. The minimum atomic E-state index is -3.55. The summed E-state index contributed by atoms with van der Waals surface area (Å²) in [6, 6.07) is 1.43. The molecule has 0 aliphatic carbocycles. The zero-order valence-corrected chi connectivity index (χ0v) is 14.0. The molecule has 0 saturated carbocycles. The molecule has 5 nitrogen and oxygen atoms in total. The van der Waals surface area contributed by atoms with Gasteiger partial charge in [-0.15, -0.1) is 0 Å². The first-order chi connectivity index (χ1) is 9.08. The molecule has 6 heteroatoms. The van der Waals surface area contributed by atoms with Crippen LogP contribution < -0.4 is 10.0 Å². The molecule has 0 fully saturated rings. The van der Waals surface area contributed by atoms with Crippen molar-refractivity contribution in [2.24, 2.45) is 5.41 Å². The van der Waals surface area contributed by atoms with Gasteiger partial charge in [-0.2, -0.15) is 0 Å². The molecule has 1 aromatic heterocycles. The second kappa shape index (κ2) is 6.28. The van der Waals surface area contributed by atoms with E-state index >= 15 is 0 Å². The van der Waals surface area contributed by atoms with E-state index in [1.807, 2.05) is 34.6 Å². The van der Waals surface area contributed by atoms with Crippen LogP contribution in [-0.2, 0) is 16.6 Å². The molecule has 2 N–H and O–H groups in total. The Labute approximate surface area is 122 Å². The van der Waals surface area contributed by atoms with Crippen molar-refractivity contribution >= 4 is 10.0 Å². The van der Waals surface area contributed by atoms with E-state index in [0.717, 1.165) is 6.54 Å². The van der Waals surface area contributed by atoms with Crippen molar-refractivity contribution in [1.82, 2.24) is 10.0 Å².